The second-order valence-corrected chi connectivity index (χ2v) is 1.97. The van der Waals surface area contributed by atoms with Gasteiger partial charge in [0.2, 0.25) is 5.43 Å². The second-order valence-electron chi connectivity index (χ2n) is 1.97. The molecule has 0 unspecified atom stereocenters. The highest BCUT2D eigenvalue weighted by Gasteiger charge is 1.99. The fourth-order valence-electron chi connectivity index (χ4n) is 0.633. The van der Waals surface area contributed by atoms with Crippen LogP contribution in [0, 0.1) is 0 Å². The minimum absolute atomic E-state index is 0.0511. The van der Waals surface area contributed by atoms with E-state index in [1.54, 1.807) is 0 Å². The van der Waals surface area contributed by atoms with Crippen LogP contribution in [0.3, 0.4) is 0 Å². The van der Waals surface area contributed by atoms with Gasteiger partial charge < -0.3 is 14.3 Å². The van der Waals surface area contributed by atoms with Crippen molar-refractivity contribution in [2.24, 2.45) is 0 Å². The minimum atomic E-state index is -0.534. The predicted molar refractivity (Wildman–Crippen MR) is 36.4 cm³/mol. The molecule has 1 heterocycles. The van der Waals surface area contributed by atoms with Crippen molar-refractivity contribution in [3.8, 4) is 5.75 Å². The molecule has 0 aliphatic heterocycles. The molecule has 0 atom stereocenters. The van der Waals surface area contributed by atoms with Gasteiger partial charge in [-0.25, -0.2) is 0 Å². The van der Waals surface area contributed by atoms with Crippen molar-refractivity contribution >= 4 is 6.29 Å². The lowest BCUT2D eigenvalue weighted by Crippen LogP contribution is -2.00. The normalized spacial score (nSPS) is 9.45. The zero-order valence-corrected chi connectivity index (χ0v) is 5.61. The molecule has 1 aromatic rings. The third-order valence-corrected chi connectivity index (χ3v) is 1.15. The van der Waals surface area contributed by atoms with Gasteiger partial charge >= 0.3 is 0 Å². The van der Waals surface area contributed by atoms with Crippen molar-refractivity contribution in [2.45, 2.75) is 6.42 Å². The number of carbonyl (C=O) groups is 1. The molecule has 4 nitrogen and oxygen atoms in total. The molecule has 0 aliphatic rings. The van der Waals surface area contributed by atoms with E-state index in [1.165, 1.54) is 0 Å². The lowest BCUT2D eigenvalue weighted by Gasteiger charge is -1.92. The Kier molecular flexibility index (Phi) is 2.06. The van der Waals surface area contributed by atoms with E-state index in [-0.39, 0.29) is 12.2 Å². The Labute approximate surface area is 62.1 Å². The number of carbonyl (C=O) groups excluding carboxylic acids is 1. The van der Waals surface area contributed by atoms with E-state index in [1.807, 2.05) is 0 Å². The molecule has 1 N–H and O–H groups in total. The van der Waals surface area contributed by atoms with Gasteiger partial charge in [-0.05, 0) is 0 Å². The number of aromatic hydroxyl groups is 1. The highest BCUT2D eigenvalue weighted by molar-refractivity contribution is 5.53. The van der Waals surface area contributed by atoms with Crippen molar-refractivity contribution in [3.63, 3.8) is 0 Å². The summed E-state index contributed by atoms with van der Waals surface area (Å²) in [4.78, 5) is 20.6. The van der Waals surface area contributed by atoms with Gasteiger partial charge in [0, 0.05) is 6.07 Å². The summed E-state index contributed by atoms with van der Waals surface area (Å²) in [6.45, 7) is 0. The number of hydrogen-bond donors (Lipinski definition) is 1. The quantitative estimate of drug-likeness (QED) is 0.613. The predicted octanol–water partition coefficient (Wildman–Crippen LogP) is 0.0868. The first-order valence-corrected chi connectivity index (χ1v) is 2.98. The number of aldehydes is 1. The van der Waals surface area contributed by atoms with Crippen LogP contribution in [-0.2, 0) is 11.2 Å². The van der Waals surface area contributed by atoms with E-state index in [0.717, 1.165) is 12.3 Å². The number of rotatable bonds is 2. The first kappa shape index (κ1) is 7.53. The van der Waals surface area contributed by atoms with Crippen molar-refractivity contribution < 1.29 is 14.3 Å². The van der Waals surface area contributed by atoms with Gasteiger partial charge in [0.25, 0.3) is 0 Å². The molecule has 0 spiro atoms. The lowest BCUT2D eigenvalue weighted by molar-refractivity contribution is -0.107. The third kappa shape index (κ3) is 1.67. The SMILES string of the molecule is O=CCc1cc(=O)c(O)co1. The highest BCUT2D eigenvalue weighted by atomic mass is 16.3. The zero-order chi connectivity index (χ0) is 8.27. The van der Waals surface area contributed by atoms with Gasteiger partial charge in [-0.3, -0.25) is 4.79 Å². The first-order chi connectivity index (χ1) is 5.24. The van der Waals surface area contributed by atoms with Gasteiger partial charge in [-0.1, -0.05) is 0 Å². The lowest BCUT2D eigenvalue weighted by atomic mass is 10.3. The van der Waals surface area contributed by atoms with Crippen molar-refractivity contribution in [2.75, 3.05) is 0 Å². The molecule has 11 heavy (non-hydrogen) atoms. The van der Waals surface area contributed by atoms with Crippen LogP contribution in [0.15, 0.2) is 21.5 Å². The summed E-state index contributed by atoms with van der Waals surface area (Å²) in [5.41, 5.74) is -0.534. The smallest absolute Gasteiger partial charge is 0.226 e. The van der Waals surface area contributed by atoms with Crippen LogP contribution in [0.5, 0.6) is 5.75 Å². The van der Waals surface area contributed by atoms with Gasteiger partial charge in [-0.2, -0.15) is 0 Å². The van der Waals surface area contributed by atoms with Crippen molar-refractivity contribution in [1.82, 2.24) is 0 Å². The van der Waals surface area contributed by atoms with Crippen molar-refractivity contribution in [3.05, 3.63) is 28.3 Å². The van der Waals surface area contributed by atoms with E-state index in [0.29, 0.717) is 6.29 Å². The van der Waals surface area contributed by atoms with E-state index in [2.05, 4.69) is 0 Å². The van der Waals surface area contributed by atoms with Crippen LogP contribution in [0.2, 0.25) is 0 Å². The second kappa shape index (κ2) is 3.01. The molecule has 0 saturated carbocycles. The van der Waals surface area contributed by atoms with Gasteiger partial charge in [0.05, 0.1) is 6.42 Å². The highest BCUT2D eigenvalue weighted by Crippen LogP contribution is 2.02. The molecule has 0 fully saturated rings. The van der Waals surface area contributed by atoms with Gasteiger partial charge in [0.1, 0.15) is 18.3 Å². The fraction of sp³-hybridized carbons (Fsp3) is 0.143. The van der Waals surface area contributed by atoms with Crippen LogP contribution >= 0.6 is 0 Å². The monoisotopic (exact) mass is 154 g/mol. The summed E-state index contributed by atoms with van der Waals surface area (Å²) in [6, 6.07) is 1.09. The molecule has 1 rings (SSSR count). The molecule has 0 saturated heterocycles. The molecule has 0 aromatic carbocycles. The molecule has 0 amide bonds. The molecule has 0 radical (unpaired) electrons. The minimum Gasteiger partial charge on any atom is -0.502 e. The third-order valence-electron chi connectivity index (χ3n) is 1.15. The molecule has 4 heteroatoms. The van der Waals surface area contributed by atoms with Crippen LogP contribution in [0.4, 0.5) is 0 Å². The van der Waals surface area contributed by atoms with E-state index in [9.17, 15) is 9.59 Å². The Morgan fingerprint density at radius 1 is 1.64 bits per heavy atom. The van der Waals surface area contributed by atoms with Crippen LogP contribution < -0.4 is 5.43 Å². The average Bonchev–Trinajstić information content (AvgIpc) is 1.98. The van der Waals surface area contributed by atoms with Gasteiger partial charge in [0.15, 0.2) is 5.75 Å². The zero-order valence-electron chi connectivity index (χ0n) is 5.61. The van der Waals surface area contributed by atoms with Crippen LogP contribution in [0.1, 0.15) is 5.76 Å². The van der Waals surface area contributed by atoms with Crippen LogP contribution in [0.25, 0.3) is 0 Å². The molecule has 1 aromatic heterocycles. The summed E-state index contributed by atoms with van der Waals surface area (Å²) in [7, 11) is 0. The maximum Gasteiger partial charge on any atom is 0.226 e. The van der Waals surface area contributed by atoms with E-state index >= 15 is 0 Å². The summed E-state index contributed by atoms with van der Waals surface area (Å²) in [6.07, 6.45) is 1.59. The summed E-state index contributed by atoms with van der Waals surface area (Å²) in [5, 5.41) is 8.72. The fourth-order valence-corrected chi connectivity index (χ4v) is 0.633. The molecular weight excluding hydrogens is 148 g/mol. The van der Waals surface area contributed by atoms with Gasteiger partial charge in [-0.15, -0.1) is 0 Å². The number of hydrogen-bond acceptors (Lipinski definition) is 4. The Morgan fingerprint density at radius 2 is 2.36 bits per heavy atom. The van der Waals surface area contributed by atoms with Crippen molar-refractivity contribution in [1.29, 1.82) is 0 Å². The van der Waals surface area contributed by atoms with Crippen LogP contribution in [-0.4, -0.2) is 11.4 Å². The Hall–Kier alpha value is -1.58. The Balaban J connectivity index is 3.05. The maximum atomic E-state index is 10.7. The van der Waals surface area contributed by atoms with E-state index < -0.39 is 11.2 Å². The molecule has 58 valence electrons. The standard InChI is InChI=1S/C7H6O4/c8-2-1-5-3-6(9)7(10)4-11-5/h2-4,10H,1H2. The Morgan fingerprint density at radius 3 is 2.91 bits per heavy atom. The summed E-state index contributed by atoms with van der Waals surface area (Å²) >= 11 is 0. The van der Waals surface area contributed by atoms with E-state index in [4.69, 9.17) is 9.52 Å². The molecule has 0 bridgehead atoms. The molecule has 0 aliphatic carbocycles. The average molecular weight is 154 g/mol. The maximum absolute atomic E-state index is 10.7. The summed E-state index contributed by atoms with van der Waals surface area (Å²) in [5.74, 6) is -0.192. The topological polar surface area (TPSA) is 67.5 Å². The molecular formula is C7H6O4. The Bertz CT molecular complexity index is 312. The summed E-state index contributed by atoms with van der Waals surface area (Å²) < 4.78 is 4.70. The first-order valence-electron chi connectivity index (χ1n) is 2.98. The largest absolute Gasteiger partial charge is 0.502 e.